The smallest absolute Gasteiger partial charge is 0.245 e. The van der Waals surface area contributed by atoms with E-state index < -0.39 is 15.8 Å². The molecule has 2 aromatic rings. The highest BCUT2D eigenvalue weighted by Gasteiger charge is 2.24. The third kappa shape index (κ3) is 3.87. The minimum atomic E-state index is -3.83. The van der Waals surface area contributed by atoms with Gasteiger partial charge in [0, 0.05) is 30.5 Å². The number of hydrogen-bond donors (Lipinski definition) is 0. The zero-order valence-electron chi connectivity index (χ0n) is 11.3. The number of benzene rings is 1. The van der Waals surface area contributed by atoms with Crippen molar-refractivity contribution >= 4 is 26.0 Å². The van der Waals surface area contributed by atoms with Gasteiger partial charge in [0.05, 0.1) is 0 Å². The fourth-order valence-corrected chi connectivity index (χ4v) is 3.35. The van der Waals surface area contributed by atoms with E-state index in [1.54, 1.807) is 12.4 Å². The van der Waals surface area contributed by atoms with Crippen molar-refractivity contribution < 1.29 is 12.8 Å². The van der Waals surface area contributed by atoms with Gasteiger partial charge in [0.2, 0.25) is 10.0 Å². The summed E-state index contributed by atoms with van der Waals surface area (Å²) in [7, 11) is -2.39. The van der Waals surface area contributed by atoms with Crippen LogP contribution >= 0.6 is 15.9 Å². The topological polar surface area (TPSA) is 50.3 Å². The minimum Gasteiger partial charge on any atom is -0.265 e. The number of sulfonamides is 1. The molecule has 0 amide bonds. The van der Waals surface area contributed by atoms with E-state index in [0.717, 1.165) is 15.9 Å². The van der Waals surface area contributed by atoms with Crippen molar-refractivity contribution in [1.29, 1.82) is 0 Å². The molecular formula is C14H14BrFN2O2S. The lowest BCUT2D eigenvalue weighted by Gasteiger charge is -2.17. The van der Waals surface area contributed by atoms with Crippen LogP contribution in [0.4, 0.5) is 4.39 Å². The summed E-state index contributed by atoms with van der Waals surface area (Å²) < 4.78 is 40.2. The van der Waals surface area contributed by atoms with Crippen LogP contribution in [0.15, 0.2) is 52.1 Å². The summed E-state index contributed by atoms with van der Waals surface area (Å²) in [6.45, 7) is 0.266. The second-order valence-corrected chi connectivity index (χ2v) is 7.44. The van der Waals surface area contributed by atoms with Gasteiger partial charge in [0.1, 0.15) is 10.7 Å². The second-order valence-electron chi connectivity index (χ2n) is 4.51. The van der Waals surface area contributed by atoms with Gasteiger partial charge in [-0.25, -0.2) is 17.1 Å². The standard InChI is InChI=1S/C14H14BrFN2O2S/c1-18(9-6-11-4-7-17-8-5-11)21(19,20)14-3-2-12(15)10-13(14)16/h2-5,7-8,10H,6,9H2,1H3. The van der Waals surface area contributed by atoms with E-state index in [1.807, 2.05) is 12.1 Å². The first-order chi connectivity index (χ1) is 9.91. The number of halogens is 2. The highest BCUT2D eigenvalue weighted by molar-refractivity contribution is 9.10. The van der Waals surface area contributed by atoms with E-state index in [9.17, 15) is 12.8 Å². The van der Waals surface area contributed by atoms with Crippen LogP contribution in [0.3, 0.4) is 0 Å². The van der Waals surface area contributed by atoms with Crippen LogP contribution in [0.25, 0.3) is 0 Å². The molecule has 0 spiro atoms. The van der Waals surface area contributed by atoms with Gasteiger partial charge in [-0.3, -0.25) is 4.98 Å². The molecule has 0 saturated carbocycles. The van der Waals surface area contributed by atoms with Gasteiger partial charge in [-0.05, 0) is 42.3 Å². The third-order valence-electron chi connectivity index (χ3n) is 3.05. The molecule has 21 heavy (non-hydrogen) atoms. The molecule has 0 saturated heterocycles. The highest BCUT2D eigenvalue weighted by atomic mass is 79.9. The molecule has 0 aliphatic carbocycles. The number of nitrogens with zero attached hydrogens (tertiary/aromatic N) is 2. The molecule has 0 radical (unpaired) electrons. The fourth-order valence-electron chi connectivity index (χ4n) is 1.81. The number of likely N-dealkylation sites (N-methyl/N-ethyl adjacent to an activating group) is 1. The first-order valence-electron chi connectivity index (χ1n) is 6.21. The predicted octanol–water partition coefficient (Wildman–Crippen LogP) is 2.85. The molecule has 1 aromatic carbocycles. The predicted molar refractivity (Wildman–Crippen MR) is 81.9 cm³/mol. The molecule has 0 bridgehead atoms. The van der Waals surface area contributed by atoms with Crippen molar-refractivity contribution in [3.8, 4) is 0 Å². The zero-order valence-corrected chi connectivity index (χ0v) is 13.7. The third-order valence-corrected chi connectivity index (χ3v) is 5.43. The van der Waals surface area contributed by atoms with Crippen molar-refractivity contribution in [3.63, 3.8) is 0 Å². The Bertz CT molecular complexity index is 723. The molecule has 1 aromatic heterocycles. The van der Waals surface area contributed by atoms with Gasteiger partial charge >= 0.3 is 0 Å². The Balaban J connectivity index is 2.15. The van der Waals surface area contributed by atoms with Crippen molar-refractivity contribution in [2.24, 2.45) is 0 Å². The van der Waals surface area contributed by atoms with E-state index in [2.05, 4.69) is 20.9 Å². The van der Waals surface area contributed by atoms with Crippen molar-refractivity contribution in [2.45, 2.75) is 11.3 Å². The summed E-state index contributed by atoms with van der Waals surface area (Å²) in [6.07, 6.45) is 3.84. The Labute approximate surface area is 131 Å². The van der Waals surface area contributed by atoms with Gasteiger partial charge in [-0.2, -0.15) is 0 Å². The van der Waals surface area contributed by atoms with Crippen LogP contribution in [0.2, 0.25) is 0 Å². The Morgan fingerprint density at radius 2 is 1.90 bits per heavy atom. The Kier molecular flexibility index (Phi) is 5.08. The monoisotopic (exact) mass is 372 g/mol. The van der Waals surface area contributed by atoms with E-state index in [-0.39, 0.29) is 11.4 Å². The molecule has 112 valence electrons. The fraction of sp³-hybridized carbons (Fsp3) is 0.214. The number of hydrogen-bond acceptors (Lipinski definition) is 3. The Morgan fingerprint density at radius 3 is 2.52 bits per heavy atom. The maximum atomic E-state index is 13.8. The second kappa shape index (κ2) is 6.64. The van der Waals surface area contributed by atoms with Gasteiger partial charge in [0.25, 0.3) is 0 Å². The lowest BCUT2D eigenvalue weighted by molar-refractivity contribution is 0.465. The van der Waals surface area contributed by atoms with Crippen LogP contribution in [0.5, 0.6) is 0 Å². The van der Waals surface area contributed by atoms with Crippen LogP contribution in [-0.4, -0.2) is 31.3 Å². The van der Waals surface area contributed by atoms with Crippen molar-refractivity contribution in [3.05, 3.63) is 58.6 Å². The summed E-state index contributed by atoms with van der Waals surface area (Å²) >= 11 is 3.11. The maximum absolute atomic E-state index is 13.8. The first kappa shape index (κ1) is 16.1. The zero-order chi connectivity index (χ0) is 15.5. The molecule has 2 rings (SSSR count). The number of pyridine rings is 1. The molecule has 0 N–H and O–H groups in total. The SMILES string of the molecule is CN(CCc1ccncc1)S(=O)(=O)c1ccc(Br)cc1F. The quantitative estimate of drug-likeness (QED) is 0.810. The number of rotatable bonds is 5. The largest absolute Gasteiger partial charge is 0.265 e. The molecule has 4 nitrogen and oxygen atoms in total. The van der Waals surface area contributed by atoms with Gasteiger partial charge in [-0.15, -0.1) is 0 Å². The Morgan fingerprint density at radius 1 is 1.24 bits per heavy atom. The van der Waals surface area contributed by atoms with Gasteiger partial charge in [0.15, 0.2) is 0 Å². The molecule has 7 heteroatoms. The summed E-state index contributed by atoms with van der Waals surface area (Å²) in [4.78, 5) is 3.59. The average Bonchev–Trinajstić information content (AvgIpc) is 2.45. The Hall–Kier alpha value is -1.31. The molecule has 0 aliphatic rings. The van der Waals surface area contributed by atoms with Crippen LogP contribution in [-0.2, 0) is 16.4 Å². The molecule has 1 heterocycles. The van der Waals surface area contributed by atoms with Crippen molar-refractivity contribution in [2.75, 3.05) is 13.6 Å². The summed E-state index contributed by atoms with van der Waals surface area (Å²) in [5, 5.41) is 0. The summed E-state index contributed by atoms with van der Waals surface area (Å²) in [6, 6.07) is 7.55. The average molecular weight is 373 g/mol. The van der Waals surface area contributed by atoms with Crippen LogP contribution < -0.4 is 0 Å². The molecule has 0 unspecified atom stereocenters. The lowest BCUT2D eigenvalue weighted by Crippen LogP contribution is -2.29. The molecular weight excluding hydrogens is 359 g/mol. The molecule has 0 atom stereocenters. The van der Waals surface area contributed by atoms with Crippen LogP contribution in [0, 0.1) is 5.82 Å². The van der Waals surface area contributed by atoms with E-state index in [4.69, 9.17) is 0 Å². The molecule has 0 fully saturated rings. The summed E-state index contributed by atoms with van der Waals surface area (Å²) in [5.41, 5.74) is 0.975. The van der Waals surface area contributed by atoms with E-state index in [1.165, 1.54) is 19.2 Å². The number of aromatic nitrogens is 1. The van der Waals surface area contributed by atoms with E-state index >= 15 is 0 Å². The van der Waals surface area contributed by atoms with Crippen LogP contribution in [0.1, 0.15) is 5.56 Å². The van der Waals surface area contributed by atoms with E-state index in [0.29, 0.717) is 10.9 Å². The minimum absolute atomic E-state index is 0.266. The highest BCUT2D eigenvalue weighted by Crippen LogP contribution is 2.22. The van der Waals surface area contributed by atoms with Crippen molar-refractivity contribution in [1.82, 2.24) is 9.29 Å². The first-order valence-corrected chi connectivity index (χ1v) is 8.45. The molecule has 0 aliphatic heterocycles. The summed E-state index contributed by atoms with van der Waals surface area (Å²) in [5.74, 6) is -0.764. The maximum Gasteiger partial charge on any atom is 0.245 e. The normalized spacial score (nSPS) is 11.8. The van der Waals surface area contributed by atoms with Gasteiger partial charge < -0.3 is 0 Å². The lowest BCUT2D eigenvalue weighted by atomic mass is 10.2. The van der Waals surface area contributed by atoms with Gasteiger partial charge in [-0.1, -0.05) is 15.9 Å².